The molecule has 2 rings (SSSR count). The van der Waals surface area contributed by atoms with Gasteiger partial charge in [-0.2, -0.15) is 0 Å². The molecule has 2 aromatic carbocycles. The molecular weight excluding hydrogens is 462 g/mol. The summed E-state index contributed by atoms with van der Waals surface area (Å²) in [5.74, 6) is -0.373. The Labute approximate surface area is 210 Å². The Hall–Kier alpha value is -2.87. The van der Waals surface area contributed by atoms with Gasteiger partial charge < -0.3 is 10.2 Å². The number of nitrogens with zero attached hydrogens (tertiary/aromatic N) is 2. The van der Waals surface area contributed by atoms with Gasteiger partial charge in [-0.1, -0.05) is 55.8 Å². The summed E-state index contributed by atoms with van der Waals surface area (Å²) in [5.41, 5.74) is 3.73. The molecule has 0 spiro atoms. The van der Waals surface area contributed by atoms with Crippen molar-refractivity contribution in [2.45, 2.75) is 66.0 Å². The van der Waals surface area contributed by atoms with Gasteiger partial charge >= 0.3 is 0 Å². The third-order valence-electron chi connectivity index (χ3n) is 5.94. The number of carbonyl (C=O) groups excluding carboxylic acids is 2. The van der Waals surface area contributed by atoms with E-state index in [0.29, 0.717) is 25.2 Å². The minimum Gasteiger partial charge on any atom is -0.354 e. The van der Waals surface area contributed by atoms with Crippen molar-refractivity contribution in [2.75, 3.05) is 23.7 Å². The van der Waals surface area contributed by atoms with Gasteiger partial charge in [0.25, 0.3) is 0 Å². The molecule has 0 aromatic heterocycles. The van der Waals surface area contributed by atoms with E-state index in [0.717, 1.165) is 29.5 Å². The van der Waals surface area contributed by atoms with E-state index in [1.165, 1.54) is 10.6 Å². The quantitative estimate of drug-likeness (QED) is 0.449. The zero-order valence-corrected chi connectivity index (χ0v) is 22.4. The molecule has 0 fully saturated rings. The lowest BCUT2D eigenvalue weighted by molar-refractivity contribution is -0.140. The maximum absolute atomic E-state index is 13.3. The molecule has 7 nitrogen and oxygen atoms in total. The Bertz CT molecular complexity index is 1080. The molecule has 35 heavy (non-hydrogen) atoms. The number of rotatable bonds is 13. The van der Waals surface area contributed by atoms with Gasteiger partial charge in [0.2, 0.25) is 21.8 Å². The summed E-state index contributed by atoms with van der Waals surface area (Å²) >= 11 is 0. The van der Waals surface area contributed by atoms with Crippen molar-refractivity contribution in [2.24, 2.45) is 0 Å². The highest BCUT2D eigenvalue weighted by molar-refractivity contribution is 7.92. The third kappa shape index (κ3) is 8.69. The van der Waals surface area contributed by atoms with E-state index in [2.05, 4.69) is 5.32 Å². The molecule has 1 atom stereocenters. The highest BCUT2D eigenvalue weighted by Gasteiger charge is 2.26. The third-order valence-corrected chi connectivity index (χ3v) is 7.13. The second kappa shape index (κ2) is 13.3. The highest BCUT2D eigenvalue weighted by Crippen LogP contribution is 2.20. The highest BCUT2D eigenvalue weighted by atomic mass is 32.2. The van der Waals surface area contributed by atoms with Crippen LogP contribution < -0.4 is 9.62 Å². The molecule has 8 heteroatoms. The van der Waals surface area contributed by atoms with E-state index in [9.17, 15) is 18.0 Å². The van der Waals surface area contributed by atoms with Crippen molar-refractivity contribution in [3.05, 3.63) is 65.2 Å². The molecule has 0 saturated heterocycles. The molecule has 192 valence electrons. The van der Waals surface area contributed by atoms with Crippen LogP contribution in [0.15, 0.2) is 48.5 Å². The number of carbonyl (C=O) groups is 2. The predicted molar refractivity (Wildman–Crippen MR) is 142 cm³/mol. The lowest BCUT2D eigenvalue weighted by Gasteiger charge is -2.29. The SMILES string of the molecule is CCCNC(=O)C(C)N(Cc1cccc(C)c1)C(=O)CCCN(c1ccc(CC)cc1)S(C)(=O)=O. The van der Waals surface area contributed by atoms with Gasteiger partial charge in [0, 0.05) is 26.1 Å². The minimum absolute atomic E-state index is 0.135. The fourth-order valence-electron chi connectivity index (χ4n) is 3.89. The molecule has 0 aliphatic heterocycles. The average Bonchev–Trinajstić information content (AvgIpc) is 2.82. The zero-order valence-electron chi connectivity index (χ0n) is 21.6. The fraction of sp³-hybridized carbons (Fsp3) is 0.481. The maximum Gasteiger partial charge on any atom is 0.242 e. The maximum atomic E-state index is 13.3. The van der Waals surface area contributed by atoms with Crippen molar-refractivity contribution in [3.63, 3.8) is 0 Å². The zero-order chi connectivity index (χ0) is 26.0. The molecule has 0 aliphatic rings. The van der Waals surface area contributed by atoms with E-state index in [-0.39, 0.29) is 24.8 Å². The first-order valence-electron chi connectivity index (χ1n) is 12.3. The Morgan fingerprint density at radius 3 is 2.29 bits per heavy atom. The summed E-state index contributed by atoms with van der Waals surface area (Å²) in [6.07, 6.45) is 3.33. The fourth-order valence-corrected chi connectivity index (χ4v) is 4.85. The van der Waals surface area contributed by atoms with E-state index < -0.39 is 16.1 Å². The second-order valence-corrected chi connectivity index (χ2v) is 10.8. The van der Waals surface area contributed by atoms with Crippen LogP contribution in [0.3, 0.4) is 0 Å². The summed E-state index contributed by atoms with van der Waals surface area (Å²) in [5, 5.41) is 2.87. The molecule has 0 heterocycles. The van der Waals surface area contributed by atoms with Crippen LogP contribution in [0, 0.1) is 6.92 Å². The van der Waals surface area contributed by atoms with E-state index >= 15 is 0 Å². The molecule has 0 radical (unpaired) electrons. The number of anilines is 1. The number of nitrogens with one attached hydrogen (secondary N) is 1. The van der Waals surface area contributed by atoms with E-state index in [4.69, 9.17) is 0 Å². The average molecular weight is 502 g/mol. The number of hydrogen-bond acceptors (Lipinski definition) is 4. The number of hydrogen-bond donors (Lipinski definition) is 1. The number of amides is 2. The van der Waals surface area contributed by atoms with Crippen LogP contribution in [-0.4, -0.2) is 50.5 Å². The van der Waals surface area contributed by atoms with Crippen LogP contribution in [-0.2, 0) is 32.6 Å². The van der Waals surface area contributed by atoms with Crippen LogP contribution in [0.5, 0.6) is 0 Å². The molecule has 1 unspecified atom stereocenters. The Morgan fingerprint density at radius 1 is 1.03 bits per heavy atom. The lowest BCUT2D eigenvalue weighted by atomic mass is 10.1. The Morgan fingerprint density at radius 2 is 1.71 bits per heavy atom. The number of aryl methyl sites for hydroxylation is 2. The van der Waals surface area contributed by atoms with Crippen LogP contribution in [0.2, 0.25) is 0 Å². The van der Waals surface area contributed by atoms with Crippen molar-refractivity contribution in [1.29, 1.82) is 0 Å². The summed E-state index contributed by atoms with van der Waals surface area (Å²) < 4.78 is 26.2. The molecule has 0 aliphatic carbocycles. The van der Waals surface area contributed by atoms with Gasteiger partial charge in [-0.15, -0.1) is 0 Å². The van der Waals surface area contributed by atoms with Crippen molar-refractivity contribution >= 4 is 27.5 Å². The molecule has 2 amide bonds. The van der Waals surface area contributed by atoms with Crippen LogP contribution in [0.1, 0.15) is 56.7 Å². The largest absolute Gasteiger partial charge is 0.354 e. The van der Waals surface area contributed by atoms with Gasteiger partial charge in [0.15, 0.2) is 0 Å². The van der Waals surface area contributed by atoms with Gasteiger partial charge in [0.05, 0.1) is 11.9 Å². The van der Waals surface area contributed by atoms with Crippen molar-refractivity contribution < 1.29 is 18.0 Å². The van der Waals surface area contributed by atoms with Gasteiger partial charge in [-0.25, -0.2) is 8.42 Å². The molecule has 0 bridgehead atoms. The summed E-state index contributed by atoms with van der Waals surface area (Å²) in [6, 6.07) is 14.7. The molecule has 1 N–H and O–H groups in total. The van der Waals surface area contributed by atoms with Crippen molar-refractivity contribution in [1.82, 2.24) is 10.2 Å². The summed E-state index contributed by atoms with van der Waals surface area (Å²) in [4.78, 5) is 27.5. The molecule has 0 saturated carbocycles. The topological polar surface area (TPSA) is 86.8 Å². The molecular formula is C27H39N3O4S. The minimum atomic E-state index is -3.50. The number of benzene rings is 2. The smallest absolute Gasteiger partial charge is 0.242 e. The van der Waals surface area contributed by atoms with Crippen LogP contribution in [0.4, 0.5) is 5.69 Å². The van der Waals surface area contributed by atoms with E-state index in [1.54, 1.807) is 24.0 Å². The number of sulfonamides is 1. The first-order valence-corrected chi connectivity index (χ1v) is 14.1. The van der Waals surface area contributed by atoms with Crippen LogP contribution >= 0.6 is 0 Å². The Balaban J connectivity index is 2.14. The Kier molecular flexibility index (Phi) is 10.8. The van der Waals surface area contributed by atoms with Gasteiger partial charge in [-0.05, 0) is 56.4 Å². The standard InChI is InChI=1S/C27H39N3O4S/c1-6-17-28-27(32)22(4)29(20-24-11-8-10-21(3)19-24)26(31)12-9-18-30(35(5,33)34)25-15-13-23(7-2)14-16-25/h8,10-11,13-16,19,22H,6-7,9,12,17-18,20H2,1-5H3,(H,28,32). The van der Waals surface area contributed by atoms with Gasteiger partial charge in [-0.3, -0.25) is 13.9 Å². The van der Waals surface area contributed by atoms with E-state index in [1.807, 2.05) is 57.2 Å². The van der Waals surface area contributed by atoms with Gasteiger partial charge in [0.1, 0.15) is 6.04 Å². The summed E-state index contributed by atoms with van der Waals surface area (Å²) in [6.45, 7) is 8.79. The molecule has 2 aromatic rings. The lowest BCUT2D eigenvalue weighted by Crippen LogP contribution is -2.47. The first-order chi connectivity index (χ1) is 16.6. The monoisotopic (exact) mass is 501 g/mol. The normalized spacial score (nSPS) is 12.1. The van der Waals surface area contributed by atoms with Crippen LogP contribution in [0.25, 0.3) is 0 Å². The summed E-state index contributed by atoms with van der Waals surface area (Å²) in [7, 11) is -3.50. The van der Waals surface area contributed by atoms with Crippen molar-refractivity contribution in [3.8, 4) is 0 Å². The second-order valence-electron chi connectivity index (χ2n) is 8.94. The first kappa shape index (κ1) is 28.4. The predicted octanol–water partition coefficient (Wildman–Crippen LogP) is 4.05.